The van der Waals surface area contributed by atoms with E-state index in [0.717, 1.165) is 0 Å². The first-order chi connectivity index (χ1) is 4.90. The van der Waals surface area contributed by atoms with Crippen LogP contribution in [0.4, 0.5) is 0 Å². The first-order valence-electron chi connectivity index (χ1n) is 4.90. The molecule has 4 saturated carbocycles. The molecule has 4 rings (SSSR count). The first kappa shape index (κ1) is 8.05. The van der Waals surface area contributed by atoms with E-state index >= 15 is 0 Å². The van der Waals surface area contributed by atoms with Crippen molar-refractivity contribution in [2.24, 2.45) is 23.7 Å². The predicted molar refractivity (Wildman–Crippen MR) is 48.6 cm³/mol. The van der Waals surface area contributed by atoms with Gasteiger partial charge in [-0.2, -0.15) is 0 Å². The van der Waals surface area contributed by atoms with Crippen molar-refractivity contribution in [2.75, 3.05) is 0 Å². The van der Waals surface area contributed by atoms with Gasteiger partial charge in [-0.15, -0.1) is 0 Å². The van der Waals surface area contributed by atoms with E-state index in [-0.39, 0.29) is 9.90 Å². The summed E-state index contributed by atoms with van der Waals surface area (Å²) in [5, 5.41) is 0. The Kier molecular flexibility index (Phi) is 2.00. The van der Waals surface area contributed by atoms with Crippen LogP contribution in [-0.4, -0.2) is 0 Å². The minimum atomic E-state index is 0. The third-order valence-electron chi connectivity index (χ3n) is 4.00. The van der Waals surface area contributed by atoms with Crippen LogP contribution in [0.1, 0.15) is 38.5 Å². The molecule has 11 heavy (non-hydrogen) atoms. The van der Waals surface area contributed by atoms with E-state index in [2.05, 4.69) is 0 Å². The zero-order chi connectivity index (χ0) is 6.55. The summed E-state index contributed by atoms with van der Waals surface area (Å²) in [5.74, 6) is 4.71. The maximum absolute atomic E-state index is 1.60. The van der Waals surface area contributed by atoms with Crippen molar-refractivity contribution in [3.05, 3.63) is 0 Å². The average Bonchev–Trinajstić information content (AvgIpc) is 1.82. The monoisotopic (exact) mass is 167 g/mol. The molecule has 4 aliphatic rings. The standard InChI is InChI=1S/C10H16.P/c1-7-2-9-4-8(1)5-10(3-7)6-9;/h7-10H,1-6H2;. The van der Waals surface area contributed by atoms with Crippen LogP contribution in [-0.2, 0) is 0 Å². The van der Waals surface area contributed by atoms with Crippen molar-refractivity contribution in [3.63, 3.8) is 0 Å². The number of rotatable bonds is 0. The van der Waals surface area contributed by atoms with Crippen LogP contribution in [0.15, 0.2) is 0 Å². The molecule has 4 fully saturated rings. The molecule has 0 aliphatic heterocycles. The molecule has 4 bridgehead atoms. The lowest BCUT2D eigenvalue weighted by molar-refractivity contribution is 0.0198. The minimum absolute atomic E-state index is 0. The Morgan fingerprint density at radius 3 is 0.818 bits per heavy atom. The van der Waals surface area contributed by atoms with Crippen LogP contribution < -0.4 is 0 Å². The second kappa shape index (κ2) is 2.73. The van der Waals surface area contributed by atoms with Gasteiger partial charge in [0.1, 0.15) is 0 Å². The van der Waals surface area contributed by atoms with Crippen LogP contribution in [0.25, 0.3) is 0 Å². The van der Waals surface area contributed by atoms with Gasteiger partial charge in [0.2, 0.25) is 0 Å². The summed E-state index contributed by atoms with van der Waals surface area (Å²) in [5.41, 5.74) is 0. The SMILES string of the molecule is C1C2CC3CC1CC(C2)C3.[P]. The molecule has 4 aliphatic carbocycles. The Morgan fingerprint density at radius 1 is 0.455 bits per heavy atom. The number of hydrogen-bond donors (Lipinski definition) is 0. The van der Waals surface area contributed by atoms with Crippen molar-refractivity contribution < 1.29 is 0 Å². The summed E-state index contributed by atoms with van der Waals surface area (Å²) < 4.78 is 0. The zero-order valence-corrected chi connectivity index (χ0v) is 7.89. The Balaban J connectivity index is 0.000000480. The summed E-state index contributed by atoms with van der Waals surface area (Å²) in [6.45, 7) is 0. The summed E-state index contributed by atoms with van der Waals surface area (Å²) in [7, 11) is 0. The molecule has 0 atom stereocenters. The summed E-state index contributed by atoms with van der Waals surface area (Å²) >= 11 is 0. The van der Waals surface area contributed by atoms with Crippen molar-refractivity contribution in [2.45, 2.75) is 38.5 Å². The van der Waals surface area contributed by atoms with E-state index in [1.807, 2.05) is 0 Å². The van der Waals surface area contributed by atoms with Gasteiger partial charge in [-0.1, -0.05) is 0 Å². The lowest BCUT2D eigenvalue weighted by atomic mass is 9.56. The lowest BCUT2D eigenvalue weighted by Crippen LogP contribution is -2.38. The van der Waals surface area contributed by atoms with Gasteiger partial charge in [-0.3, -0.25) is 0 Å². The molecule has 0 aromatic heterocycles. The molecule has 0 spiro atoms. The highest BCUT2D eigenvalue weighted by Gasteiger charge is 2.41. The maximum Gasteiger partial charge on any atom is 0 e. The second-order valence-electron chi connectivity index (χ2n) is 4.88. The van der Waals surface area contributed by atoms with Gasteiger partial charge in [-0.05, 0) is 62.2 Å². The summed E-state index contributed by atoms with van der Waals surface area (Å²) in [4.78, 5) is 0. The molecule has 0 saturated heterocycles. The second-order valence-corrected chi connectivity index (χ2v) is 4.88. The van der Waals surface area contributed by atoms with Gasteiger partial charge in [0.05, 0.1) is 0 Å². The van der Waals surface area contributed by atoms with Crippen molar-refractivity contribution in [1.82, 2.24) is 0 Å². The highest BCUT2D eigenvalue weighted by Crippen LogP contribution is 2.53. The number of hydrogen-bond acceptors (Lipinski definition) is 0. The summed E-state index contributed by atoms with van der Waals surface area (Å²) in [6, 6.07) is 0. The van der Waals surface area contributed by atoms with E-state index in [9.17, 15) is 0 Å². The van der Waals surface area contributed by atoms with Gasteiger partial charge < -0.3 is 0 Å². The van der Waals surface area contributed by atoms with E-state index in [1.165, 1.54) is 23.7 Å². The van der Waals surface area contributed by atoms with Crippen LogP contribution in [0.2, 0.25) is 0 Å². The van der Waals surface area contributed by atoms with Crippen LogP contribution in [0, 0.1) is 23.7 Å². The molecule has 0 N–H and O–H groups in total. The molecule has 3 radical (unpaired) electrons. The molecule has 1 heteroatoms. The largest absolute Gasteiger partial charge is 0.0475 e. The van der Waals surface area contributed by atoms with E-state index in [0.29, 0.717) is 0 Å². The highest BCUT2D eigenvalue weighted by molar-refractivity contribution is 6.92. The van der Waals surface area contributed by atoms with Crippen molar-refractivity contribution >= 4 is 9.90 Å². The quantitative estimate of drug-likeness (QED) is 0.482. The average molecular weight is 167 g/mol. The van der Waals surface area contributed by atoms with Gasteiger partial charge in [0.25, 0.3) is 0 Å². The Bertz CT molecular complexity index is 96.4. The fourth-order valence-corrected chi connectivity index (χ4v) is 3.98. The maximum atomic E-state index is 1.60. The predicted octanol–water partition coefficient (Wildman–Crippen LogP) is 3.69. The Morgan fingerprint density at radius 2 is 0.636 bits per heavy atom. The fourth-order valence-electron chi connectivity index (χ4n) is 3.98. The van der Waals surface area contributed by atoms with Gasteiger partial charge >= 0.3 is 0 Å². The third kappa shape index (κ3) is 1.24. The normalized spacial score (nSPS) is 52.4. The van der Waals surface area contributed by atoms with Gasteiger partial charge in [0.15, 0.2) is 0 Å². The van der Waals surface area contributed by atoms with Crippen LogP contribution >= 0.6 is 9.90 Å². The smallest absolute Gasteiger partial charge is 0 e. The molecule has 0 unspecified atom stereocenters. The molecular formula is C10H16P. The molecule has 0 aromatic rings. The van der Waals surface area contributed by atoms with E-state index < -0.39 is 0 Å². The molecule has 0 amide bonds. The molecule has 61 valence electrons. The zero-order valence-electron chi connectivity index (χ0n) is 7.00. The molecule has 0 aromatic carbocycles. The van der Waals surface area contributed by atoms with Gasteiger partial charge in [-0.25, -0.2) is 0 Å². The molecule has 0 nitrogen and oxygen atoms in total. The summed E-state index contributed by atoms with van der Waals surface area (Å²) in [6.07, 6.45) is 9.62. The molecular weight excluding hydrogens is 151 g/mol. The van der Waals surface area contributed by atoms with E-state index in [4.69, 9.17) is 0 Å². The highest BCUT2D eigenvalue weighted by atomic mass is 31.0. The van der Waals surface area contributed by atoms with Crippen LogP contribution in [0.3, 0.4) is 0 Å². The minimum Gasteiger partial charge on any atom is -0.0475 e. The van der Waals surface area contributed by atoms with E-state index in [1.54, 1.807) is 38.5 Å². The fraction of sp³-hybridized carbons (Fsp3) is 1.00. The van der Waals surface area contributed by atoms with Crippen molar-refractivity contribution in [1.29, 1.82) is 0 Å². The lowest BCUT2D eigenvalue weighted by Gasteiger charge is -2.49. The van der Waals surface area contributed by atoms with Crippen LogP contribution in [0.5, 0.6) is 0 Å². The Hall–Kier alpha value is 0.430. The first-order valence-corrected chi connectivity index (χ1v) is 4.90. The van der Waals surface area contributed by atoms with Gasteiger partial charge in [0, 0.05) is 9.90 Å². The topological polar surface area (TPSA) is 0 Å². The molecule has 0 heterocycles. The van der Waals surface area contributed by atoms with Crippen molar-refractivity contribution in [3.8, 4) is 0 Å². The Labute approximate surface area is 72.8 Å². The third-order valence-corrected chi connectivity index (χ3v) is 4.00.